The Balaban J connectivity index is 1.92. The molecule has 80 valence electrons. The molecule has 2 aliphatic rings. The summed E-state index contributed by atoms with van der Waals surface area (Å²) < 4.78 is 4.79. The Morgan fingerprint density at radius 1 is 1.50 bits per heavy atom. The lowest BCUT2D eigenvalue weighted by Crippen LogP contribution is -2.55. The number of esters is 1. The third-order valence-corrected chi connectivity index (χ3v) is 3.31. The van der Waals surface area contributed by atoms with Gasteiger partial charge in [-0.1, -0.05) is 0 Å². The molecule has 0 aromatic rings. The maximum atomic E-state index is 11.4. The van der Waals surface area contributed by atoms with Gasteiger partial charge in [-0.2, -0.15) is 0 Å². The molecule has 0 unspecified atom stereocenters. The van der Waals surface area contributed by atoms with Gasteiger partial charge < -0.3 is 10.1 Å². The number of ether oxygens (including phenoxy) is 1. The van der Waals surface area contributed by atoms with Gasteiger partial charge in [0.2, 0.25) is 0 Å². The highest BCUT2D eigenvalue weighted by atomic mass is 16.5. The van der Waals surface area contributed by atoms with E-state index in [0.29, 0.717) is 6.04 Å². The smallest absolute Gasteiger partial charge is 0.309 e. The molecule has 4 heteroatoms. The number of carbonyl (C=O) groups is 1. The number of carbonyl (C=O) groups excluding carboxylic acids is 1. The summed E-state index contributed by atoms with van der Waals surface area (Å²) in [6.07, 6.45) is 2.10. The molecule has 0 radical (unpaired) electrons. The summed E-state index contributed by atoms with van der Waals surface area (Å²) in [5, 5.41) is 3.38. The first-order valence-electron chi connectivity index (χ1n) is 5.34. The Labute approximate surface area is 84.6 Å². The number of nitrogens with one attached hydrogen (secondary N) is 1. The molecule has 2 heterocycles. The zero-order valence-corrected chi connectivity index (χ0v) is 8.66. The van der Waals surface area contributed by atoms with Gasteiger partial charge in [0, 0.05) is 32.2 Å². The summed E-state index contributed by atoms with van der Waals surface area (Å²) in [4.78, 5) is 13.8. The van der Waals surface area contributed by atoms with Crippen molar-refractivity contribution in [3.8, 4) is 0 Å². The Bertz CT molecular complexity index is 220. The van der Waals surface area contributed by atoms with Crippen molar-refractivity contribution in [1.82, 2.24) is 10.2 Å². The molecule has 0 aromatic heterocycles. The van der Waals surface area contributed by atoms with Crippen LogP contribution in [0.15, 0.2) is 0 Å². The third-order valence-electron chi connectivity index (χ3n) is 3.31. The minimum absolute atomic E-state index is 0.0398. The largest absolute Gasteiger partial charge is 0.469 e. The standard InChI is InChI=1S/C10H18N2O2/c1-14-10(13)8-2-3-9-6-11-4-5-12(9)7-8/h8-9,11H,2-7H2,1H3/t8-,9+/m0/s1. The first-order valence-corrected chi connectivity index (χ1v) is 5.34. The molecule has 0 bridgehead atoms. The van der Waals surface area contributed by atoms with Gasteiger partial charge in [-0.05, 0) is 12.8 Å². The first-order chi connectivity index (χ1) is 6.81. The first kappa shape index (κ1) is 9.93. The molecule has 0 aliphatic carbocycles. The third kappa shape index (κ3) is 1.91. The highest BCUT2D eigenvalue weighted by Crippen LogP contribution is 2.23. The van der Waals surface area contributed by atoms with Crippen molar-refractivity contribution in [3.05, 3.63) is 0 Å². The second-order valence-corrected chi connectivity index (χ2v) is 4.15. The van der Waals surface area contributed by atoms with E-state index in [9.17, 15) is 4.79 Å². The summed E-state index contributed by atoms with van der Waals surface area (Å²) in [7, 11) is 1.48. The lowest BCUT2D eigenvalue weighted by atomic mass is 9.91. The Hall–Kier alpha value is -0.610. The number of fused-ring (bicyclic) bond motifs is 1. The molecule has 14 heavy (non-hydrogen) atoms. The fourth-order valence-electron chi connectivity index (χ4n) is 2.45. The molecular formula is C10H18N2O2. The minimum Gasteiger partial charge on any atom is -0.469 e. The molecule has 0 amide bonds. The van der Waals surface area contributed by atoms with Crippen molar-refractivity contribution in [3.63, 3.8) is 0 Å². The molecule has 2 aliphatic heterocycles. The van der Waals surface area contributed by atoms with Crippen molar-refractivity contribution in [2.45, 2.75) is 18.9 Å². The van der Waals surface area contributed by atoms with Gasteiger partial charge in [-0.3, -0.25) is 9.69 Å². The Kier molecular flexibility index (Phi) is 3.03. The molecule has 0 spiro atoms. The average Bonchev–Trinajstić information content (AvgIpc) is 2.27. The minimum atomic E-state index is -0.0398. The van der Waals surface area contributed by atoms with Crippen molar-refractivity contribution in [2.75, 3.05) is 33.3 Å². The van der Waals surface area contributed by atoms with Crippen LogP contribution in [-0.4, -0.2) is 50.2 Å². The van der Waals surface area contributed by atoms with Crippen LogP contribution in [-0.2, 0) is 9.53 Å². The van der Waals surface area contributed by atoms with Gasteiger partial charge in [0.1, 0.15) is 0 Å². The van der Waals surface area contributed by atoms with E-state index < -0.39 is 0 Å². The summed E-state index contributed by atoms with van der Waals surface area (Å²) in [5.41, 5.74) is 0. The van der Waals surface area contributed by atoms with Crippen LogP contribution in [0.5, 0.6) is 0 Å². The maximum Gasteiger partial charge on any atom is 0.309 e. The van der Waals surface area contributed by atoms with Gasteiger partial charge in [0.05, 0.1) is 13.0 Å². The molecule has 4 nitrogen and oxygen atoms in total. The second-order valence-electron chi connectivity index (χ2n) is 4.15. The van der Waals surface area contributed by atoms with E-state index in [0.717, 1.165) is 39.0 Å². The highest BCUT2D eigenvalue weighted by molar-refractivity contribution is 5.72. The predicted octanol–water partition coefficient (Wildman–Crippen LogP) is -0.157. The van der Waals surface area contributed by atoms with Crippen LogP contribution in [0, 0.1) is 5.92 Å². The topological polar surface area (TPSA) is 41.6 Å². The van der Waals surface area contributed by atoms with Crippen LogP contribution < -0.4 is 5.32 Å². The fraction of sp³-hybridized carbons (Fsp3) is 0.900. The number of piperazine rings is 1. The SMILES string of the molecule is COC(=O)[C@H]1CC[C@@H]2CNCCN2C1. The molecular weight excluding hydrogens is 180 g/mol. The molecule has 0 saturated carbocycles. The van der Waals surface area contributed by atoms with Crippen LogP contribution in [0.25, 0.3) is 0 Å². The van der Waals surface area contributed by atoms with E-state index in [1.165, 1.54) is 7.11 Å². The average molecular weight is 198 g/mol. The molecule has 1 N–H and O–H groups in total. The number of hydrogen-bond acceptors (Lipinski definition) is 4. The van der Waals surface area contributed by atoms with Gasteiger partial charge in [-0.25, -0.2) is 0 Å². The van der Waals surface area contributed by atoms with Gasteiger partial charge in [0.15, 0.2) is 0 Å². The van der Waals surface area contributed by atoms with E-state index in [2.05, 4.69) is 10.2 Å². The number of hydrogen-bond donors (Lipinski definition) is 1. The van der Waals surface area contributed by atoms with Crippen molar-refractivity contribution in [2.24, 2.45) is 5.92 Å². The monoisotopic (exact) mass is 198 g/mol. The van der Waals surface area contributed by atoms with E-state index >= 15 is 0 Å². The van der Waals surface area contributed by atoms with Gasteiger partial charge >= 0.3 is 5.97 Å². The van der Waals surface area contributed by atoms with Crippen LogP contribution in [0.2, 0.25) is 0 Å². The van der Waals surface area contributed by atoms with Crippen molar-refractivity contribution >= 4 is 5.97 Å². The number of nitrogens with zero attached hydrogens (tertiary/aromatic N) is 1. The van der Waals surface area contributed by atoms with Crippen molar-refractivity contribution in [1.29, 1.82) is 0 Å². The fourth-order valence-corrected chi connectivity index (χ4v) is 2.45. The quantitative estimate of drug-likeness (QED) is 0.595. The van der Waals surface area contributed by atoms with E-state index in [1.54, 1.807) is 0 Å². The molecule has 2 fully saturated rings. The Morgan fingerprint density at radius 2 is 2.36 bits per heavy atom. The lowest BCUT2D eigenvalue weighted by Gasteiger charge is -2.41. The predicted molar refractivity (Wildman–Crippen MR) is 53.0 cm³/mol. The molecule has 2 saturated heterocycles. The summed E-state index contributed by atoms with van der Waals surface area (Å²) in [6.45, 7) is 4.08. The zero-order valence-electron chi connectivity index (χ0n) is 8.66. The van der Waals surface area contributed by atoms with Crippen LogP contribution in [0.3, 0.4) is 0 Å². The number of methoxy groups -OCH3 is 1. The van der Waals surface area contributed by atoms with Gasteiger partial charge in [0.25, 0.3) is 0 Å². The highest BCUT2D eigenvalue weighted by Gasteiger charge is 2.33. The molecule has 2 rings (SSSR count). The second kappa shape index (κ2) is 4.28. The van der Waals surface area contributed by atoms with Crippen LogP contribution >= 0.6 is 0 Å². The summed E-state index contributed by atoms with van der Waals surface area (Å²) >= 11 is 0. The molecule has 0 aromatic carbocycles. The summed E-state index contributed by atoms with van der Waals surface area (Å²) in [6, 6.07) is 0.643. The summed E-state index contributed by atoms with van der Waals surface area (Å²) in [5.74, 6) is 0.0660. The lowest BCUT2D eigenvalue weighted by molar-refractivity contribution is -0.148. The van der Waals surface area contributed by atoms with Crippen molar-refractivity contribution < 1.29 is 9.53 Å². The normalized spacial score (nSPS) is 33.5. The van der Waals surface area contributed by atoms with E-state index in [4.69, 9.17) is 4.74 Å². The van der Waals surface area contributed by atoms with Crippen LogP contribution in [0.4, 0.5) is 0 Å². The number of piperidine rings is 1. The number of rotatable bonds is 1. The maximum absolute atomic E-state index is 11.4. The van der Waals surface area contributed by atoms with Crippen LogP contribution in [0.1, 0.15) is 12.8 Å². The Morgan fingerprint density at radius 3 is 3.14 bits per heavy atom. The van der Waals surface area contributed by atoms with E-state index in [-0.39, 0.29) is 11.9 Å². The van der Waals surface area contributed by atoms with Gasteiger partial charge in [-0.15, -0.1) is 0 Å². The zero-order chi connectivity index (χ0) is 9.97. The molecule has 2 atom stereocenters. The van der Waals surface area contributed by atoms with E-state index in [1.807, 2.05) is 0 Å².